The molecule has 1 aliphatic rings. The average molecular weight is 280 g/mol. The number of aliphatic hydroxyl groups excluding tert-OH is 1. The summed E-state index contributed by atoms with van der Waals surface area (Å²) in [5.74, 6) is -0.635. The summed E-state index contributed by atoms with van der Waals surface area (Å²) in [4.78, 5) is 26.9. The van der Waals surface area contributed by atoms with Gasteiger partial charge in [-0.05, 0) is 19.1 Å². The van der Waals surface area contributed by atoms with Gasteiger partial charge in [0.2, 0.25) is 5.91 Å². The number of nitrogens with one attached hydrogen (secondary N) is 1. The molecule has 1 atom stereocenters. The normalized spacial score (nSPS) is 22.1. The van der Waals surface area contributed by atoms with Crippen LogP contribution in [0.25, 0.3) is 0 Å². The second-order valence-corrected chi connectivity index (χ2v) is 5.91. The lowest BCUT2D eigenvalue weighted by Crippen LogP contribution is -2.55. The zero-order valence-electron chi connectivity index (χ0n) is 10.8. The van der Waals surface area contributed by atoms with E-state index in [2.05, 4.69) is 5.32 Å². The number of fused-ring (bicyclic) bond motifs is 1. The monoisotopic (exact) mass is 280 g/mol. The fraction of sp³-hybridized carbons (Fsp3) is 0.385. The summed E-state index contributed by atoms with van der Waals surface area (Å²) in [7, 11) is 1.67. The van der Waals surface area contributed by atoms with Gasteiger partial charge < -0.3 is 15.3 Å². The maximum Gasteiger partial charge on any atom is 0.252 e. The minimum atomic E-state index is -1.20. The van der Waals surface area contributed by atoms with Crippen molar-refractivity contribution >= 4 is 29.3 Å². The Kier molecular flexibility index (Phi) is 3.82. The third kappa shape index (κ3) is 2.33. The van der Waals surface area contributed by atoms with E-state index in [1.807, 2.05) is 24.3 Å². The highest BCUT2D eigenvalue weighted by molar-refractivity contribution is 8.02. The van der Waals surface area contributed by atoms with Gasteiger partial charge in [-0.1, -0.05) is 23.9 Å². The van der Waals surface area contributed by atoms with E-state index in [0.717, 1.165) is 10.6 Å². The first-order valence-corrected chi connectivity index (χ1v) is 6.77. The summed E-state index contributed by atoms with van der Waals surface area (Å²) < 4.78 is -1.20. The van der Waals surface area contributed by atoms with Gasteiger partial charge in [0.1, 0.15) is 0 Å². The number of anilines is 1. The van der Waals surface area contributed by atoms with E-state index >= 15 is 0 Å². The first kappa shape index (κ1) is 13.9. The summed E-state index contributed by atoms with van der Waals surface area (Å²) in [6, 6.07) is 7.48. The number of carbonyl (C=O) groups is 2. The lowest BCUT2D eigenvalue weighted by Gasteiger charge is -2.36. The molecule has 1 aromatic rings. The van der Waals surface area contributed by atoms with Gasteiger partial charge in [-0.15, -0.1) is 0 Å². The van der Waals surface area contributed by atoms with Crippen molar-refractivity contribution in [3.63, 3.8) is 0 Å². The van der Waals surface area contributed by atoms with Crippen molar-refractivity contribution in [1.82, 2.24) is 5.32 Å². The topological polar surface area (TPSA) is 69.6 Å². The van der Waals surface area contributed by atoms with Gasteiger partial charge in [-0.25, -0.2) is 0 Å². The molecule has 2 rings (SSSR count). The Morgan fingerprint density at radius 2 is 2.16 bits per heavy atom. The molecule has 102 valence electrons. The van der Waals surface area contributed by atoms with Crippen LogP contribution in [0.2, 0.25) is 0 Å². The van der Waals surface area contributed by atoms with E-state index in [9.17, 15) is 9.59 Å². The molecule has 0 aromatic heterocycles. The summed E-state index contributed by atoms with van der Waals surface area (Å²) in [6.07, 6.45) is 0. The van der Waals surface area contributed by atoms with E-state index in [0.29, 0.717) is 0 Å². The van der Waals surface area contributed by atoms with Gasteiger partial charge in [-0.3, -0.25) is 9.59 Å². The number of thioether (sulfide) groups is 1. The van der Waals surface area contributed by atoms with Crippen molar-refractivity contribution in [3.8, 4) is 0 Å². The van der Waals surface area contributed by atoms with Gasteiger partial charge in [0.25, 0.3) is 5.91 Å². The van der Waals surface area contributed by atoms with Crippen molar-refractivity contribution in [2.45, 2.75) is 16.6 Å². The largest absolute Gasteiger partial charge is 0.395 e. The second kappa shape index (κ2) is 5.22. The standard InChI is InChI=1S/C13H16N2O3S/c1-13(11(17)14-7-8-16)12(18)15(2)9-5-3-4-6-10(9)19-13/h3-6,16H,7-8H2,1-2H3,(H,14,17)/t13-/m0/s1. The smallest absolute Gasteiger partial charge is 0.252 e. The van der Waals surface area contributed by atoms with Gasteiger partial charge in [0.15, 0.2) is 4.75 Å². The fourth-order valence-electron chi connectivity index (χ4n) is 2.00. The molecule has 0 spiro atoms. The van der Waals surface area contributed by atoms with Crippen LogP contribution in [0.4, 0.5) is 5.69 Å². The molecule has 0 saturated carbocycles. The molecule has 0 radical (unpaired) electrons. The minimum absolute atomic E-state index is 0.146. The number of hydrogen-bond donors (Lipinski definition) is 2. The number of aliphatic hydroxyl groups is 1. The SMILES string of the molecule is CN1C(=O)[C@](C)(C(=O)NCCO)Sc2ccccc21. The van der Waals surface area contributed by atoms with Crippen LogP contribution in [0.5, 0.6) is 0 Å². The molecule has 0 saturated heterocycles. The second-order valence-electron chi connectivity index (χ2n) is 4.45. The predicted molar refractivity (Wildman–Crippen MR) is 74.2 cm³/mol. The Hall–Kier alpha value is -1.53. The minimum Gasteiger partial charge on any atom is -0.395 e. The summed E-state index contributed by atoms with van der Waals surface area (Å²) in [6.45, 7) is 1.61. The molecule has 19 heavy (non-hydrogen) atoms. The Labute approximate surface area is 116 Å². The Morgan fingerprint density at radius 1 is 1.47 bits per heavy atom. The predicted octanol–water partition coefficient (Wildman–Crippen LogP) is 0.622. The molecule has 0 bridgehead atoms. The zero-order valence-corrected chi connectivity index (χ0v) is 11.7. The molecule has 1 aromatic carbocycles. The van der Waals surface area contributed by atoms with Crippen molar-refractivity contribution < 1.29 is 14.7 Å². The van der Waals surface area contributed by atoms with E-state index in [1.54, 1.807) is 14.0 Å². The Balaban J connectivity index is 2.34. The van der Waals surface area contributed by atoms with Crippen molar-refractivity contribution in [2.75, 3.05) is 25.1 Å². The molecule has 2 amide bonds. The van der Waals surface area contributed by atoms with Crippen molar-refractivity contribution in [2.24, 2.45) is 0 Å². The lowest BCUT2D eigenvalue weighted by molar-refractivity contribution is -0.131. The molecule has 1 aliphatic heterocycles. The molecule has 1 heterocycles. The van der Waals surface area contributed by atoms with Crippen molar-refractivity contribution in [1.29, 1.82) is 0 Å². The van der Waals surface area contributed by atoms with Crippen LogP contribution in [0, 0.1) is 0 Å². The quantitative estimate of drug-likeness (QED) is 0.797. The number of benzene rings is 1. The van der Waals surface area contributed by atoms with Gasteiger partial charge in [0.05, 0.1) is 12.3 Å². The van der Waals surface area contributed by atoms with Crippen LogP contribution in [0.1, 0.15) is 6.92 Å². The third-order valence-electron chi connectivity index (χ3n) is 3.08. The fourth-order valence-corrected chi connectivity index (χ4v) is 3.28. The first-order chi connectivity index (χ1) is 9.00. The zero-order chi connectivity index (χ0) is 14.0. The number of carbonyl (C=O) groups excluding carboxylic acids is 2. The number of para-hydroxylation sites is 1. The van der Waals surface area contributed by atoms with Gasteiger partial charge in [-0.2, -0.15) is 0 Å². The maximum absolute atomic E-state index is 12.4. The van der Waals surface area contributed by atoms with Crippen LogP contribution >= 0.6 is 11.8 Å². The summed E-state index contributed by atoms with van der Waals surface area (Å²) in [5.41, 5.74) is 0.810. The van der Waals surface area contributed by atoms with Crippen LogP contribution in [-0.2, 0) is 9.59 Å². The third-order valence-corrected chi connectivity index (χ3v) is 4.42. The highest BCUT2D eigenvalue weighted by Gasteiger charge is 2.47. The van der Waals surface area contributed by atoms with Crippen LogP contribution in [0.3, 0.4) is 0 Å². The molecule has 6 heteroatoms. The molecule has 2 N–H and O–H groups in total. The van der Waals surface area contributed by atoms with E-state index in [4.69, 9.17) is 5.11 Å². The maximum atomic E-state index is 12.4. The lowest BCUT2D eigenvalue weighted by atomic mass is 10.1. The first-order valence-electron chi connectivity index (χ1n) is 5.96. The molecular weight excluding hydrogens is 264 g/mol. The number of rotatable bonds is 3. The van der Waals surface area contributed by atoms with Crippen molar-refractivity contribution in [3.05, 3.63) is 24.3 Å². The Morgan fingerprint density at radius 3 is 2.84 bits per heavy atom. The number of nitrogens with zero attached hydrogens (tertiary/aromatic N) is 1. The van der Waals surface area contributed by atoms with Gasteiger partial charge in [0, 0.05) is 18.5 Å². The van der Waals surface area contributed by atoms with Gasteiger partial charge >= 0.3 is 0 Å². The average Bonchev–Trinajstić information content (AvgIpc) is 2.42. The molecule has 0 aliphatic carbocycles. The van der Waals surface area contributed by atoms with Crippen LogP contribution in [-0.4, -0.2) is 41.9 Å². The van der Waals surface area contributed by atoms with E-state index in [-0.39, 0.29) is 25.0 Å². The molecule has 0 unspecified atom stereocenters. The molecule has 0 fully saturated rings. The highest BCUT2D eigenvalue weighted by atomic mass is 32.2. The van der Waals surface area contributed by atoms with Crippen LogP contribution < -0.4 is 10.2 Å². The Bertz CT molecular complexity index is 520. The number of amides is 2. The molecule has 5 nitrogen and oxygen atoms in total. The summed E-state index contributed by atoms with van der Waals surface area (Å²) in [5, 5.41) is 11.3. The van der Waals surface area contributed by atoms with Crippen LogP contribution in [0.15, 0.2) is 29.2 Å². The summed E-state index contributed by atoms with van der Waals surface area (Å²) >= 11 is 1.24. The molecular formula is C13H16N2O3S. The van der Waals surface area contributed by atoms with E-state index in [1.165, 1.54) is 16.7 Å². The highest BCUT2D eigenvalue weighted by Crippen LogP contribution is 2.44. The van der Waals surface area contributed by atoms with E-state index < -0.39 is 4.75 Å². The number of hydrogen-bond acceptors (Lipinski definition) is 4.